The van der Waals surface area contributed by atoms with Crippen molar-refractivity contribution in [2.24, 2.45) is 0 Å². The van der Waals surface area contributed by atoms with E-state index in [9.17, 15) is 18.0 Å². The summed E-state index contributed by atoms with van der Waals surface area (Å²) in [6, 6.07) is 18.8. The zero-order valence-corrected chi connectivity index (χ0v) is 24.7. The van der Waals surface area contributed by atoms with Crippen molar-refractivity contribution in [2.75, 3.05) is 10.8 Å². The molecule has 0 spiro atoms. The second-order valence-electron chi connectivity index (χ2n) is 9.35. The van der Waals surface area contributed by atoms with Crippen LogP contribution < -0.4 is 9.62 Å². The van der Waals surface area contributed by atoms with Crippen LogP contribution in [0.3, 0.4) is 0 Å². The lowest BCUT2D eigenvalue weighted by Crippen LogP contribution is -2.52. The number of hydrogen-bond donors (Lipinski definition) is 1. The van der Waals surface area contributed by atoms with Crippen LogP contribution in [0.1, 0.15) is 38.3 Å². The molecule has 0 aromatic heterocycles. The average molecular weight is 591 g/mol. The third-order valence-corrected chi connectivity index (χ3v) is 8.95. The van der Waals surface area contributed by atoms with Gasteiger partial charge in [0.2, 0.25) is 11.8 Å². The summed E-state index contributed by atoms with van der Waals surface area (Å²) in [5.41, 5.74) is 1.49. The van der Waals surface area contributed by atoms with Crippen molar-refractivity contribution in [2.45, 2.75) is 57.6 Å². The zero-order valence-electron chi connectivity index (χ0n) is 22.4. The molecule has 39 heavy (non-hydrogen) atoms. The van der Waals surface area contributed by atoms with Crippen LogP contribution in [0.5, 0.6) is 0 Å². The molecule has 0 saturated heterocycles. The Morgan fingerprint density at radius 2 is 1.62 bits per heavy atom. The second kappa shape index (κ2) is 13.3. The molecule has 3 aromatic carbocycles. The van der Waals surface area contributed by atoms with E-state index in [-0.39, 0.29) is 29.1 Å². The monoisotopic (exact) mass is 589 g/mol. The van der Waals surface area contributed by atoms with Crippen LogP contribution in [0.15, 0.2) is 77.7 Å². The van der Waals surface area contributed by atoms with Gasteiger partial charge in [-0.3, -0.25) is 13.9 Å². The van der Waals surface area contributed by atoms with Gasteiger partial charge in [0, 0.05) is 22.6 Å². The molecule has 1 N–H and O–H groups in total. The molecule has 0 bridgehead atoms. The molecule has 0 heterocycles. The first kappa shape index (κ1) is 30.5. The first-order valence-electron chi connectivity index (χ1n) is 12.6. The van der Waals surface area contributed by atoms with Crippen molar-refractivity contribution < 1.29 is 18.0 Å². The third kappa shape index (κ3) is 7.53. The first-order valence-corrected chi connectivity index (χ1v) is 14.8. The molecule has 0 aliphatic heterocycles. The summed E-state index contributed by atoms with van der Waals surface area (Å²) in [5.74, 6) is -0.892. The van der Waals surface area contributed by atoms with Gasteiger partial charge >= 0.3 is 0 Å². The van der Waals surface area contributed by atoms with Crippen LogP contribution >= 0.6 is 23.2 Å². The van der Waals surface area contributed by atoms with Crippen LogP contribution in [-0.4, -0.2) is 43.8 Å². The number of benzene rings is 3. The quantitative estimate of drug-likeness (QED) is 0.305. The summed E-state index contributed by atoms with van der Waals surface area (Å²) >= 11 is 12.5. The number of hydrogen-bond acceptors (Lipinski definition) is 4. The highest BCUT2D eigenvalue weighted by atomic mass is 35.5. The van der Waals surface area contributed by atoms with Crippen molar-refractivity contribution >= 4 is 50.7 Å². The number of amides is 2. The number of anilines is 1. The van der Waals surface area contributed by atoms with Gasteiger partial charge in [-0.05, 0) is 74.7 Å². The molecular formula is C29H33Cl2N3O4S. The van der Waals surface area contributed by atoms with Crippen molar-refractivity contribution in [3.63, 3.8) is 0 Å². The Bertz CT molecular complexity index is 1420. The molecule has 0 aliphatic rings. The van der Waals surface area contributed by atoms with Crippen molar-refractivity contribution in [3.05, 3.63) is 94.0 Å². The topological polar surface area (TPSA) is 86.8 Å². The summed E-state index contributed by atoms with van der Waals surface area (Å²) in [6.45, 7) is 6.67. The molecular weight excluding hydrogens is 557 g/mol. The number of sulfonamides is 1. The summed E-state index contributed by atoms with van der Waals surface area (Å²) in [7, 11) is -4.16. The van der Waals surface area contributed by atoms with E-state index in [2.05, 4.69) is 5.32 Å². The van der Waals surface area contributed by atoms with Crippen molar-refractivity contribution in [1.29, 1.82) is 0 Å². The largest absolute Gasteiger partial charge is 0.352 e. The van der Waals surface area contributed by atoms with E-state index in [4.69, 9.17) is 23.2 Å². The van der Waals surface area contributed by atoms with E-state index in [1.54, 1.807) is 74.5 Å². The molecule has 3 aromatic rings. The Hall–Kier alpha value is -3.07. The maximum absolute atomic E-state index is 14.0. The number of carbonyl (C=O) groups excluding carboxylic acids is 2. The van der Waals surface area contributed by atoms with Crippen LogP contribution in [0.2, 0.25) is 10.0 Å². The minimum Gasteiger partial charge on any atom is -0.352 e. The number of rotatable bonds is 11. The van der Waals surface area contributed by atoms with Crippen LogP contribution in [0, 0.1) is 6.92 Å². The standard InChI is InChI=1S/C29H33Cl2N3O4S/c1-5-20(2)32-29(36)22(4)33(18-23-11-9-12-24(30)17-23)28(35)19-34(27-16-10-15-26(31)21(27)3)39(37,38)25-13-7-6-8-14-25/h6-17,20,22H,5,18-19H2,1-4H3,(H,32,36)/t20-,22-/m1/s1. The molecule has 0 unspecified atom stereocenters. The van der Waals surface area contributed by atoms with E-state index in [0.29, 0.717) is 21.2 Å². The third-order valence-electron chi connectivity index (χ3n) is 6.53. The minimum absolute atomic E-state index is 0.0288. The van der Waals surface area contributed by atoms with Gasteiger partial charge in [0.05, 0.1) is 10.6 Å². The smallest absolute Gasteiger partial charge is 0.264 e. The predicted octanol–water partition coefficient (Wildman–Crippen LogP) is 5.83. The molecule has 0 saturated carbocycles. The van der Waals surface area contributed by atoms with E-state index in [0.717, 1.165) is 10.7 Å². The predicted molar refractivity (Wildman–Crippen MR) is 157 cm³/mol. The Labute approximate surface area is 240 Å². The lowest BCUT2D eigenvalue weighted by atomic mass is 10.1. The van der Waals surface area contributed by atoms with Gasteiger partial charge < -0.3 is 10.2 Å². The van der Waals surface area contributed by atoms with Gasteiger partial charge in [0.1, 0.15) is 12.6 Å². The molecule has 2 atom stereocenters. The van der Waals surface area contributed by atoms with Crippen LogP contribution in [0.4, 0.5) is 5.69 Å². The van der Waals surface area contributed by atoms with E-state index in [1.165, 1.54) is 17.0 Å². The fraction of sp³-hybridized carbons (Fsp3) is 0.310. The lowest BCUT2D eigenvalue weighted by molar-refractivity contribution is -0.139. The van der Waals surface area contributed by atoms with Gasteiger partial charge in [-0.25, -0.2) is 8.42 Å². The van der Waals surface area contributed by atoms with Gasteiger partial charge in [-0.2, -0.15) is 0 Å². The fourth-order valence-electron chi connectivity index (χ4n) is 3.98. The lowest BCUT2D eigenvalue weighted by Gasteiger charge is -2.33. The molecule has 3 rings (SSSR count). The van der Waals surface area contributed by atoms with Gasteiger partial charge in [-0.15, -0.1) is 0 Å². The van der Waals surface area contributed by atoms with E-state index >= 15 is 0 Å². The Balaban J connectivity index is 2.06. The molecule has 0 fully saturated rings. The van der Waals surface area contributed by atoms with E-state index in [1.807, 2.05) is 13.8 Å². The maximum Gasteiger partial charge on any atom is 0.264 e. The Morgan fingerprint density at radius 1 is 0.949 bits per heavy atom. The normalized spacial score (nSPS) is 12.9. The zero-order chi connectivity index (χ0) is 28.7. The molecule has 10 heteroatoms. The highest BCUT2D eigenvalue weighted by Gasteiger charge is 2.33. The number of halogens is 2. The van der Waals surface area contributed by atoms with Crippen LogP contribution in [-0.2, 0) is 26.2 Å². The molecule has 208 valence electrons. The number of nitrogens with one attached hydrogen (secondary N) is 1. The summed E-state index contributed by atoms with van der Waals surface area (Å²) in [6.07, 6.45) is 0.720. The highest BCUT2D eigenvalue weighted by molar-refractivity contribution is 7.92. The minimum atomic E-state index is -4.16. The Morgan fingerprint density at radius 3 is 2.26 bits per heavy atom. The number of carbonyl (C=O) groups is 2. The summed E-state index contributed by atoms with van der Waals surface area (Å²) in [5, 5.41) is 3.76. The molecule has 0 aliphatic carbocycles. The maximum atomic E-state index is 14.0. The highest BCUT2D eigenvalue weighted by Crippen LogP contribution is 2.31. The van der Waals surface area contributed by atoms with Crippen molar-refractivity contribution in [1.82, 2.24) is 10.2 Å². The first-order chi connectivity index (χ1) is 18.4. The summed E-state index contributed by atoms with van der Waals surface area (Å²) in [4.78, 5) is 28.5. The SMILES string of the molecule is CC[C@@H](C)NC(=O)[C@@H](C)N(Cc1cccc(Cl)c1)C(=O)CN(c1cccc(Cl)c1C)S(=O)(=O)c1ccccc1. The van der Waals surface area contributed by atoms with E-state index < -0.39 is 28.5 Å². The van der Waals surface area contributed by atoms with Crippen molar-refractivity contribution in [3.8, 4) is 0 Å². The van der Waals surface area contributed by atoms with Gasteiger partial charge in [-0.1, -0.05) is 66.5 Å². The second-order valence-corrected chi connectivity index (χ2v) is 12.1. The van der Waals surface area contributed by atoms with Crippen LogP contribution in [0.25, 0.3) is 0 Å². The molecule has 2 amide bonds. The number of nitrogens with zero attached hydrogens (tertiary/aromatic N) is 2. The Kier molecular flexibility index (Phi) is 10.4. The summed E-state index contributed by atoms with van der Waals surface area (Å²) < 4.78 is 28.8. The van der Waals surface area contributed by atoms with Gasteiger partial charge in [0.15, 0.2) is 0 Å². The molecule has 7 nitrogen and oxygen atoms in total. The average Bonchev–Trinajstić information content (AvgIpc) is 2.92. The molecule has 0 radical (unpaired) electrons. The fourth-order valence-corrected chi connectivity index (χ4v) is 5.85. The van der Waals surface area contributed by atoms with Gasteiger partial charge in [0.25, 0.3) is 10.0 Å².